The lowest BCUT2D eigenvalue weighted by molar-refractivity contribution is -0.131. The Morgan fingerprint density at radius 1 is 1.19 bits per heavy atom. The van der Waals surface area contributed by atoms with Crippen molar-refractivity contribution in [1.29, 1.82) is 0 Å². The first kappa shape index (κ1) is 17.7. The van der Waals surface area contributed by atoms with Gasteiger partial charge in [-0.15, -0.1) is 11.8 Å². The van der Waals surface area contributed by atoms with Crippen LogP contribution < -0.4 is 5.56 Å². The van der Waals surface area contributed by atoms with E-state index in [2.05, 4.69) is 4.98 Å². The number of fused-ring (bicyclic) bond motifs is 2. The summed E-state index contributed by atoms with van der Waals surface area (Å²) in [6, 6.07) is 12.7. The summed E-state index contributed by atoms with van der Waals surface area (Å²) in [5.74, 6) is 0.215. The van der Waals surface area contributed by atoms with Gasteiger partial charge >= 0.3 is 0 Å². The summed E-state index contributed by atoms with van der Waals surface area (Å²) < 4.78 is 14.7. The zero-order valence-electron chi connectivity index (χ0n) is 14.6. The summed E-state index contributed by atoms with van der Waals surface area (Å²) in [4.78, 5) is 32.6. The molecule has 138 valence electrons. The van der Waals surface area contributed by atoms with E-state index in [1.165, 1.54) is 16.5 Å². The summed E-state index contributed by atoms with van der Waals surface area (Å²) in [5, 5.41) is 0. The van der Waals surface area contributed by atoms with Crippen LogP contribution in [0.1, 0.15) is 17.7 Å². The maximum Gasteiger partial charge on any atom is 0.263 e. The third kappa shape index (κ3) is 3.73. The Morgan fingerprint density at radius 3 is 2.81 bits per heavy atom. The number of hydrogen-bond acceptors (Lipinski definition) is 4. The van der Waals surface area contributed by atoms with E-state index in [0.29, 0.717) is 42.0 Å². The maximum atomic E-state index is 13.5. The van der Waals surface area contributed by atoms with Crippen molar-refractivity contribution in [1.82, 2.24) is 14.3 Å². The number of carbonyl (C=O) groups excluding carboxylic acids is 1. The van der Waals surface area contributed by atoms with Crippen molar-refractivity contribution in [3.8, 4) is 0 Å². The Morgan fingerprint density at radius 2 is 2.00 bits per heavy atom. The normalized spacial score (nSPS) is 13.6. The predicted octanol–water partition coefficient (Wildman–Crippen LogP) is 2.90. The number of nitrogens with zero attached hydrogens (tertiary/aromatic N) is 3. The third-order valence-corrected chi connectivity index (χ3v) is 5.63. The Balaban J connectivity index is 1.47. The first-order valence-electron chi connectivity index (χ1n) is 8.77. The smallest absolute Gasteiger partial charge is 0.263 e. The SMILES string of the molecule is O=C(CCSc1ccccc1)N1CCc2nc3ccc(F)cn3c(=O)c2C1. The molecule has 0 atom stereocenters. The van der Waals surface area contributed by atoms with Gasteiger partial charge in [0, 0.05) is 36.2 Å². The molecule has 3 aromatic rings. The summed E-state index contributed by atoms with van der Waals surface area (Å²) in [6.45, 7) is 0.779. The van der Waals surface area contributed by atoms with E-state index in [-0.39, 0.29) is 18.0 Å². The fourth-order valence-electron chi connectivity index (χ4n) is 3.22. The van der Waals surface area contributed by atoms with E-state index < -0.39 is 5.82 Å². The molecule has 0 saturated carbocycles. The van der Waals surface area contributed by atoms with Gasteiger partial charge in [-0.3, -0.25) is 14.0 Å². The molecule has 4 rings (SSSR count). The molecule has 0 bridgehead atoms. The second-order valence-corrected chi connectivity index (χ2v) is 7.56. The monoisotopic (exact) mass is 383 g/mol. The van der Waals surface area contributed by atoms with Gasteiger partial charge in [0.15, 0.2) is 0 Å². The Labute approximate surface area is 159 Å². The Kier molecular flexibility index (Phi) is 4.94. The molecule has 0 saturated heterocycles. The molecule has 1 aliphatic rings. The minimum absolute atomic E-state index is 0.0211. The minimum Gasteiger partial charge on any atom is -0.338 e. The Bertz CT molecular complexity index is 1050. The van der Waals surface area contributed by atoms with Crippen LogP contribution in [-0.4, -0.2) is 32.5 Å². The summed E-state index contributed by atoms with van der Waals surface area (Å²) in [5.41, 5.74) is 1.31. The van der Waals surface area contributed by atoms with Crippen molar-refractivity contribution < 1.29 is 9.18 Å². The molecule has 1 aliphatic heterocycles. The molecule has 0 spiro atoms. The number of halogens is 1. The number of aromatic nitrogens is 2. The molecule has 2 aromatic heterocycles. The number of hydrogen-bond donors (Lipinski definition) is 0. The number of carbonyl (C=O) groups is 1. The van der Waals surface area contributed by atoms with Crippen LogP contribution in [0.25, 0.3) is 5.65 Å². The lowest BCUT2D eigenvalue weighted by atomic mass is 10.1. The van der Waals surface area contributed by atoms with Gasteiger partial charge in [0.25, 0.3) is 5.56 Å². The average Bonchev–Trinajstić information content (AvgIpc) is 2.69. The predicted molar refractivity (Wildman–Crippen MR) is 102 cm³/mol. The van der Waals surface area contributed by atoms with E-state index in [9.17, 15) is 14.0 Å². The van der Waals surface area contributed by atoms with Crippen molar-refractivity contribution in [2.24, 2.45) is 0 Å². The van der Waals surface area contributed by atoms with Crippen LogP contribution in [0.2, 0.25) is 0 Å². The van der Waals surface area contributed by atoms with Gasteiger partial charge in [-0.25, -0.2) is 9.37 Å². The molecule has 5 nitrogen and oxygen atoms in total. The van der Waals surface area contributed by atoms with Crippen LogP contribution in [0, 0.1) is 5.82 Å². The minimum atomic E-state index is -0.493. The van der Waals surface area contributed by atoms with Crippen LogP contribution >= 0.6 is 11.8 Å². The highest BCUT2D eigenvalue weighted by Gasteiger charge is 2.24. The van der Waals surface area contributed by atoms with Crippen LogP contribution in [-0.2, 0) is 17.8 Å². The maximum absolute atomic E-state index is 13.5. The largest absolute Gasteiger partial charge is 0.338 e. The highest BCUT2D eigenvalue weighted by atomic mass is 32.2. The first-order chi connectivity index (χ1) is 13.1. The van der Waals surface area contributed by atoms with E-state index in [1.807, 2.05) is 30.3 Å². The van der Waals surface area contributed by atoms with Gasteiger partial charge in [0.05, 0.1) is 17.8 Å². The zero-order chi connectivity index (χ0) is 18.8. The van der Waals surface area contributed by atoms with Gasteiger partial charge in [0.1, 0.15) is 11.5 Å². The van der Waals surface area contributed by atoms with Gasteiger partial charge in [0.2, 0.25) is 5.91 Å². The van der Waals surface area contributed by atoms with E-state index in [1.54, 1.807) is 16.7 Å². The molecule has 0 unspecified atom stereocenters. The zero-order valence-corrected chi connectivity index (χ0v) is 15.4. The molecular formula is C20H18FN3O2S. The van der Waals surface area contributed by atoms with E-state index in [4.69, 9.17) is 0 Å². The van der Waals surface area contributed by atoms with Gasteiger partial charge < -0.3 is 4.90 Å². The van der Waals surface area contributed by atoms with Crippen molar-refractivity contribution in [3.05, 3.63) is 76.1 Å². The highest BCUT2D eigenvalue weighted by Crippen LogP contribution is 2.20. The molecular weight excluding hydrogens is 365 g/mol. The molecule has 0 radical (unpaired) electrons. The van der Waals surface area contributed by atoms with Crippen molar-refractivity contribution in [2.75, 3.05) is 12.3 Å². The standard InChI is InChI=1S/C20H18FN3O2S/c21-14-6-7-18-22-17-8-10-23(13-16(17)20(26)24(18)12-14)19(25)9-11-27-15-4-2-1-3-5-15/h1-7,12H,8-11,13H2. The topological polar surface area (TPSA) is 54.7 Å². The van der Waals surface area contributed by atoms with Crippen LogP contribution in [0.3, 0.4) is 0 Å². The fourth-order valence-corrected chi connectivity index (χ4v) is 4.08. The van der Waals surface area contributed by atoms with Crippen LogP contribution in [0.5, 0.6) is 0 Å². The number of pyridine rings is 1. The molecule has 27 heavy (non-hydrogen) atoms. The molecule has 1 aromatic carbocycles. The average molecular weight is 383 g/mol. The number of amides is 1. The van der Waals surface area contributed by atoms with Crippen molar-refractivity contribution in [2.45, 2.75) is 24.3 Å². The quantitative estimate of drug-likeness (QED) is 0.650. The molecule has 3 heterocycles. The molecule has 0 N–H and O–H groups in total. The molecule has 0 fully saturated rings. The molecule has 1 amide bonds. The number of benzene rings is 1. The summed E-state index contributed by atoms with van der Waals surface area (Å²) in [7, 11) is 0. The third-order valence-electron chi connectivity index (χ3n) is 4.61. The summed E-state index contributed by atoms with van der Waals surface area (Å²) in [6.07, 6.45) is 2.09. The van der Waals surface area contributed by atoms with Crippen molar-refractivity contribution >= 4 is 23.3 Å². The van der Waals surface area contributed by atoms with E-state index in [0.717, 1.165) is 11.1 Å². The van der Waals surface area contributed by atoms with Gasteiger partial charge in [-0.2, -0.15) is 0 Å². The highest BCUT2D eigenvalue weighted by molar-refractivity contribution is 7.99. The van der Waals surface area contributed by atoms with Crippen LogP contribution in [0.4, 0.5) is 4.39 Å². The molecule has 0 aliphatic carbocycles. The summed E-state index contributed by atoms with van der Waals surface area (Å²) >= 11 is 1.64. The molecule has 7 heteroatoms. The second kappa shape index (κ2) is 7.52. The first-order valence-corrected chi connectivity index (χ1v) is 9.76. The number of thioether (sulfide) groups is 1. The van der Waals surface area contributed by atoms with Gasteiger partial charge in [-0.1, -0.05) is 18.2 Å². The second-order valence-electron chi connectivity index (χ2n) is 6.39. The van der Waals surface area contributed by atoms with Crippen LogP contribution in [0.15, 0.2) is 58.4 Å². The van der Waals surface area contributed by atoms with Crippen molar-refractivity contribution in [3.63, 3.8) is 0 Å². The fraction of sp³-hybridized carbons (Fsp3) is 0.250. The lowest BCUT2D eigenvalue weighted by Crippen LogP contribution is -2.40. The lowest BCUT2D eigenvalue weighted by Gasteiger charge is -2.28. The number of rotatable bonds is 4. The van der Waals surface area contributed by atoms with Gasteiger partial charge in [-0.05, 0) is 24.3 Å². The van der Waals surface area contributed by atoms with E-state index >= 15 is 0 Å². The Hall–Kier alpha value is -2.67.